The molecular weight excluding hydrogens is 472 g/mol. The van der Waals surface area contributed by atoms with E-state index < -0.39 is 5.92 Å². The van der Waals surface area contributed by atoms with Gasteiger partial charge in [0.1, 0.15) is 0 Å². The van der Waals surface area contributed by atoms with Crippen LogP contribution in [0, 0.1) is 13.8 Å². The SMILES string of the molecule is Cc1ccc(-c2cnc3c(N4CCC(F)(F)CC4)cc(C(=O)NCc4ccc(C)[n+](O)c4)cn23)s1. The predicted molar refractivity (Wildman–Crippen MR) is 129 cm³/mol. The number of fused-ring (bicyclic) bond motifs is 1. The molecule has 4 aromatic rings. The first-order valence-corrected chi connectivity index (χ1v) is 12.2. The number of thiophene rings is 1. The molecule has 4 aromatic heterocycles. The van der Waals surface area contributed by atoms with Gasteiger partial charge in [0, 0.05) is 66.8 Å². The van der Waals surface area contributed by atoms with E-state index in [1.807, 2.05) is 34.4 Å². The van der Waals surface area contributed by atoms with Crippen molar-refractivity contribution in [1.29, 1.82) is 0 Å². The first kappa shape index (κ1) is 23.2. The number of piperidine rings is 1. The van der Waals surface area contributed by atoms with E-state index in [2.05, 4.69) is 10.3 Å². The molecule has 1 amide bonds. The molecule has 1 fully saturated rings. The van der Waals surface area contributed by atoms with Crippen molar-refractivity contribution >= 4 is 28.6 Å². The number of amides is 1. The summed E-state index contributed by atoms with van der Waals surface area (Å²) in [6.45, 7) is 4.40. The van der Waals surface area contributed by atoms with Crippen LogP contribution in [-0.4, -0.2) is 39.5 Å². The zero-order valence-electron chi connectivity index (χ0n) is 19.5. The second-order valence-corrected chi connectivity index (χ2v) is 10.2. The van der Waals surface area contributed by atoms with Crippen LogP contribution in [0.2, 0.25) is 0 Å². The largest absolute Gasteiger partial charge is 0.368 e. The van der Waals surface area contributed by atoms with Crippen LogP contribution in [0.25, 0.3) is 16.2 Å². The highest BCUT2D eigenvalue weighted by Gasteiger charge is 2.35. The first-order chi connectivity index (χ1) is 16.7. The van der Waals surface area contributed by atoms with Gasteiger partial charge in [0.25, 0.3) is 11.8 Å². The van der Waals surface area contributed by atoms with E-state index in [9.17, 15) is 18.8 Å². The maximum absolute atomic E-state index is 13.8. The van der Waals surface area contributed by atoms with Crippen LogP contribution >= 0.6 is 11.3 Å². The number of carbonyl (C=O) groups is 1. The third-order valence-corrected chi connectivity index (χ3v) is 7.34. The molecule has 182 valence electrons. The topological polar surface area (TPSA) is 73.8 Å². The molecule has 7 nitrogen and oxygen atoms in total. The maximum atomic E-state index is 13.8. The summed E-state index contributed by atoms with van der Waals surface area (Å²) in [4.78, 5) is 21.8. The quantitative estimate of drug-likeness (QED) is 0.317. The summed E-state index contributed by atoms with van der Waals surface area (Å²) in [5.41, 5.74) is 3.96. The number of halogens is 2. The molecule has 0 atom stereocenters. The number of rotatable bonds is 5. The lowest BCUT2D eigenvalue weighted by Crippen LogP contribution is -2.39. The molecule has 10 heteroatoms. The van der Waals surface area contributed by atoms with Gasteiger partial charge >= 0.3 is 0 Å². The van der Waals surface area contributed by atoms with Crippen LogP contribution in [-0.2, 0) is 6.54 Å². The van der Waals surface area contributed by atoms with Crippen molar-refractivity contribution < 1.29 is 23.5 Å². The molecule has 0 aliphatic carbocycles. The number of aromatic nitrogens is 3. The first-order valence-electron chi connectivity index (χ1n) is 11.4. The van der Waals surface area contributed by atoms with Gasteiger partial charge < -0.3 is 10.2 Å². The second-order valence-electron chi connectivity index (χ2n) is 8.91. The van der Waals surface area contributed by atoms with Gasteiger partial charge in [-0.2, -0.15) is 0 Å². The highest BCUT2D eigenvalue weighted by atomic mass is 32.1. The lowest BCUT2D eigenvalue weighted by Gasteiger charge is -2.33. The molecule has 1 saturated heterocycles. The number of carbonyl (C=O) groups excluding carboxylic acids is 1. The molecule has 0 bridgehead atoms. The van der Waals surface area contributed by atoms with E-state index in [0.29, 0.717) is 22.6 Å². The molecule has 2 N–H and O–H groups in total. The van der Waals surface area contributed by atoms with Gasteiger partial charge in [-0.15, -0.1) is 11.3 Å². The van der Waals surface area contributed by atoms with Crippen molar-refractivity contribution in [3.8, 4) is 10.6 Å². The number of pyridine rings is 2. The molecule has 1 aliphatic rings. The fourth-order valence-corrected chi connectivity index (χ4v) is 5.12. The third kappa shape index (κ3) is 4.70. The average molecular weight is 499 g/mol. The average Bonchev–Trinajstić information content (AvgIpc) is 3.45. The summed E-state index contributed by atoms with van der Waals surface area (Å²) in [5, 5.41) is 12.8. The molecule has 0 radical (unpaired) electrons. The molecule has 1 aliphatic heterocycles. The van der Waals surface area contributed by atoms with Crippen LogP contribution in [0.4, 0.5) is 14.5 Å². The summed E-state index contributed by atoms with van der Waals surface area (Å²) in [6.07, 6.45) is 4.58. The van der Waals surface area contributed by atoms with Crippen LogP contribution < -0.4 is 14.9 Å². The lowest BCUT2D eigenvalue weighted by atomic mass is 10.1. The number of hydrogen-bond donors (Lipinski definition) is 2. The summed E-state index contributed by atoms with van der Waals surface area (Å²) >= 11 is 1.63. The fourth-order valence-electron chi connectivity index (χ4n) is 4.25. The smallest absolute Gasteiger partial charge is 0.253 e. The van der Waals surface area contributed by atoms with Crippen LogP contribution in [0.3, 0.4) is 0 Å². The standard InChI is InChI=1S/C25H25F2N5O2S/c1-16-3-5-18(14-32(16)34)12-29-24(33)19-11-20(30-9-7-25(26,27)8-10-30)23-28-13-21(31(23)15-19)22-6-4-17(2)35-22/h3-6,11,13-15H,7-10,12H2,1-2H3,(H-,29,33,34)/p+1. The van der Waals surface area contributed by atoms with Crippen molar-refractivity contribution in [3.05, 3.63) is 70.6 Å². The zero-order chi connectivity index (χ0) is 24.7. The minimum absolute atomic E-state index is 0.188. The molecule has 35 heavy (non-hydrogen) atoms. The number of nitrogens with zero attached hydrogens (tertiary/aromatic N) is 4. The van der Waals surface area contributed by atoms with Crippen molar-refractivity contribution in [3.63, 3.8) is 0 Å². The Bertz CT molecular complexity index is 1400. The van der Waals surface area contributed by atoms with Crippen molar-refractivity contribution in [1.82, 2.24) is 14.7 Å². The van der Waals surface area contributed by atoms with E-state index in [4.69, 9.17) is 0 Å². The molecule has 0 spiro atoms. The van der Waals surface area contributed by atoms with Crippen molar-refractivity contribution in [2.45, 2.75) is 39.2 Å². The molecular formula is C25H26F2N5O2S+. The molecule has 0 unspecified atom stereocenters. The van der Waals surface area contributed by atoms with Gasteiger partial charge in [-0.3, -0.25) is 14.4 Å². The molecule has 0 saturated carbocycles. The Labute approximate surface area is 205 Å². The minimum Gasteiger partial charge on any atom is -0.368 e. The summed E-state index contributed by atoms with van der Waals surface area (Å²) in [7, 11) is 0. The van der Waals surface area contributed by atoms with Crippen LogP contribution in [0.15, 0.2) is 48.9 Å². The highest BCUT2D eigenvalue weighted by molar-refractivity contribution is 7.15. The van der Waals surface area contributed by atoms with Crippen LogP contribution in [0.5, 0.6) is 0 Å². The van der Waals surface area contributed by atoms with Crippen molar-refractivity contribution in [2.75, 3.05) is 18.0 Å². The van der Waals surface area contributed by atoms with E-state index in [1.165, 1.54) is 0 Å². The number of aryl methyl sites for hydroxylation is 2. The van der Waals surface area contributed by atoms with Gasteiger partial charge in [-0.1, -0.05) is 0 Å². The molecule has 5 heterocycles. The normalized spacial score (nSPS) is 15.5. The van der Waals surface area contributed by atoms with Crippen molar-refractivity contribution in [2.24, 2.45) is 0 Å². The number of alkyl halides is 2. The number of nitrogens with one attached hydrogen (secondary N) is 1. The number of imidazole rings is 1. The minimum atomic E-state index is -2.67. The summed E-state index contributed by atoms with van der Waals surface area (Å²) in [6, 6.07) is 9.36. The van der Waals surface area contributed by atoms with E-state index >= 15 is 0 Å². The third-order valence-electron chi connectivity index (χ3n) is 6.32. The highest BCUT2D eigenvalue weighted by Crippen LogP contribution is 2.35. The number of anilines is 1. The van der Waals surface area contributed by atoms with Gasteiger partial charge in [0.15, 0.2) is 5.65 Å². The maximum Gasteiger partial charge on any atom is 0.253 e. The molecule has 0 aromatic carbocycles. The Balaban J connectivity index is 1.51. The Hall–Kier alpha value is -3.53. The fraction of sp³-hybridized carbons (Fsp3) is 0.320. The Morgan fingerprint density at radius 2 is 2.00 bits per heavy atom. The monoisotopic (exact) mass is 498 g/mol. The van der Waals surface area contributed by atoms with Gasteiger partial charge in [0.05, 0.1) is 28.0 Å². The Kier molecular flexibility index (Phi) is 5.92. The van der Waals surface area contributed by atoms with Gasteiger partial charge in [0.2, 0.25) is 11.9 Å². The van der Waals surface area contributed by atoms with E-state index in [0.717, 1.165) is 25.7 Å². The predicted octanol–water partition coefficient (Wildman–Crippen LogP) is 4.37. The lowest BCUT2D eigenvalue weighted by molar-refractivity contribution is -0.909. The second kappa shape index (κ2) is 8.92. The van der Waals surface area contributed by atoms with Gasteiger partial charge in [-0.25, -0.2) is 13.8 Å². The number of hydrogen-bond acceptors (Lipinski definition) is 5. The molecule has 5 rings (SSSR count). The summed E-state index contributed by atoms with van der Waals surface area (Å²) in [5.74, 6) is -2.98. The zero-order valence-corrected chi connectivity index (χ0v) is 20.3. The van der Waals surface area contributed by atoms with Gasteiger partial charge in [-0.05, 0) is 31.2 Å². The van der Waals surface area contributed by atoms with Crippen LogP contribution in [0.1, 0.15) is 39.3 Å². The Morgan fingerprint density at radius 3 is 2.69 bits per heavy atom. The van der Waals surface area contributed by atoms with E-state index in [-0.39, 0.29) is 38.4 Å². The van der Waals surface area contributed by atoms with E-state index in [1.54, 1.807) is 49.0 Å². The summed E-state index contributed by atoms with van der Waals surface area (Å²) < 4.78 is 30.5. The Morgan fingerprint density at radius 1 is 1.23 bits per heavy atom.